The van der Waals surface area contributed by atoms with Crippen molar-refractivity contribution in [3.63, 3.8) is 0 Å². The Morgan fingerprint density at radius 1 is 1.30 bits per heavy atom. The molecule has 4 rings (SSSR count). The highest BCUT2D eigenvalue weighted by molar-refractivity contribution is 5.94. The fourth-order valence-electron chi connectivity index (χ4n) is 3.93. The topological polar surface area (TPSA) is 53.4 Å². The maximum Gasteiger partial charge on any atom is 0.340 e. The first kappa shape index (κ1) is 17.8. The average Bonchev–Trinajstić information content (AvgIpc) is 3.06. The van der Waals surface area contributed by atoms with Gasteiger partial charge in [-0.1, -0.05) is 19.3 Å². The second-order valence-corrected chi connectivity index (χ2v) is 7.18. The molecule has 1 unspecified atom stereocenters. The molecule has 6 heteroatoms. The van der Waals surface area contributed by atoms with Crippen LogP contribution in [0.1, 0.15) is 61.3 Å². The Balaban J connectivity index is 1.89. The molecular formula is C21H23FN2O3. The molecule has 0 saturated heterocycles. The smallest absolute Gasteiger partial charge is 0.340 e. The van der Waals surface area contributed by atoms with E-state index in [-0.39, 0.29) is 17.7 Å². The quantitative estimate of drug-likeness (QED) is 0.730. The molecule has 1 atom stereocenters. The van der Waals surface area contributed by atoms with E-state index in [1.807, 2.05) is 19.1 Å². The predicted octanol–water partition coefficient (Wildman–Crippen LogP) is 4.78. The van der Waals surface area contributed by atoms with Crippen molar-refractivity contribution in [2.45, 2.75) is 51.2 Å². The van der Waals surface area contributed by atoms with Gasteiger partial charge in [-0.25, -0.2) is 14.2 Å². The molecule has 0 bridgehead atoms. The molecule has 0 amide bonds. The molecule has 1 aliphatic carbocycles. The van der Waals surface area contributed by atoms with Gasteiger partial charge in [-0.2, -0.15) is 0 Å². The van der Waals surface area contributed by atoms with Crippen LogP contribution in [0.3, 0.4) is 0 Å². The Morgan fingerprint density at radius 3 is 2.74 bits per heavy atom. The van der Waals surface area contributed by atoms with Crippen LogP contribution in [0.5, 0.6) is 0 Å². The van der Waals surface area contributed by atoms with Crippen molar-refractivity contribution in [2.24, 2.45) is 0 Å². The van der Waals surface area contributed by atoms with Gasteiger partial charge in [-0.3, -0.25) is 0 Å². The molecule has 5 nitrogen and oxygen atoms in total. The maximum absolute atomic E-state index is 14.6. The van der Waals surface area contributed by atoms with Crippen LogP contribution in [0.25, 0.3) is 16.6 Å². The molecular weight excluding hydrogens is 347 g/mol. The van der Waals surface area contributed by atoms with Gasteiger partial charge in [0, 0.05) is 12.1 Å². The van der Waals surface area contributed by atoms with Gasteiger partial charge in [-0.05, 0) is 38.0 Å². The van der Waals surface area contributed by atoms with Crippen molar-refractivity contribution >= 4 is 22.6 Å². The van der Waals surface area contributed by atoms with Crippen LogP contribution >= 0.6 is 0 Å². The molecule has 2 aliphatic rings. The standard InChI is InChI=1S/C21H23FN2O3/c1-13-8-9-14(12-27-13)20-23-18-10-16(21(25)26-2)17(22)11-19(18)24(20)15-6-4-3-5-7-15/h8-13,15H,3-7H2,1-2H3. The normalized spacial score (nSPS) is 20.4. The highest BCUT2D eigenvalue weighted by atomic mass is 19.1. The van der Waals surface area contributed by atoms with E-state index in [9.17, 15) is 9.18 Å². The van der Waals surface area contributed by atoms with E-state index >= 15 is 0 Å². The minimum absolute atomic E-state index is 0.0182. The Kier molecular flexibility index (Phi) is 4.72. The number of allylic oxidation sites excluding steroid dienone is 2. The van der Waals surface area contributed by atoms with Crippen LogP contribution in [0.4, 0.5) is 4.39 Å². The largest absolute Gasteiger partial charge is 0.493 e. The number of aromatic nitrogens is 2. The summed E-state index contributed by atoms with van der Waals surface area (Å²) in [6.07, 6.45) is 11.3. The second kappa shape index (κ2) is 7.18. The molecule has 0 N–H and O–H groups in total. The summed E-state index contributed by atoms with van der Waals surface area (Å²) in [6.45, 7) is 1.96. The molecule has 142 valence electrons. The maximum atomic E-state index is 14.6. The van der Waals surface area contributed by atoms with Gasteiger partial charge >= 0.3 is 5.97 Å². The molecule has 27 heavy (non-hydrogen) atoms. The summed E-state index contributed by atoms with van der Waals surface area (Å²) in [5.74, 6) is -0.533. The highest BCUT2D eigenvalue weighted by Crippen LogP contribution is 2.36. The van der Waals surface area contributed by atoms with Gasteiger partial charge < -0.3 is 14.0 Å². The van der Waals surface area contributed by atoms with Crippen molar-refractivity contribution in [3.8, 4) is 0 Å². The minimum atomic E-state index is -0.697. The van der Waals surface area contributed by atoms with E-state index < -0.39 is 11.8 Å². The number of hydrogen-bond donors (Lipinski definition) is 0. The molecule has 0 spiro atoms. The number of carbonyl (C=O) groups is 1. The molecule has 1 saturated carbocycles. The Morgan fingerprint density at radius 2 is 2.07 bits per heavy atom. The number of halogens is 1. The van der Waals surface area contributed by atoms with Crippen molar-refractivity contribution in [1.29, 1.82) is 0 Å². The number of hydrogen-bond acceptors (Lipinski definition) is 4. The summed E-state index contributed by atoms with van der Waals surface area (Å²) >= 11 is 0. The molecule has 2 heterocycles. The number of esters is 1. The van der Waals surface area contributed by atoms with Crippen molar-refractivity contribution in [2.75, 3.05) is 7.11 Å². The third-order valence-electron chi connectivity index (χ3n) is 5.34. The van der Waals surface area contributed by atoms with Crippen LogP contribution in [0.2, 0.25) is 0 Å². The molecule has 0 radical (unpaired) electrons. The number of imidazole rings is 1. The number of benzene rings is 1. The fraction of sp³-hybridized carbons (Fsp3) is 0.429. The van der Waals surface area contributed by atoms with E-state index in [2.05, 4.69) is 4.57 Å². The summed E-state index contributed by atoms with van der Waals surface area (Å²) in [5, 5.41) is 0. The van der Waals surface area contributed by atoms with Crippen LogP contribution in [-0.2, 0) is 9.47 Å². The zero-order valence-electron chi connectivity index (χ0n) is 15.6. The van der Waals surface area contributed by atoms with E-state index in [0.29, 0.717) is 11.0 Å². The van der Waals surface area contributed by atoms with E-state index in [1.54, 1.807) is 6.26 Å². The number of methoxy groups -OCH3 is 1. The van der Waals surface area contributed by atoms with Gasteiger partial charge in [0.05, 0.1) is 35.5 Å². The van der Waals surface area contributed by atoms with Crippen LogP contribution in [0.15, 0.2) is 30.5 Å². The third kappa shape index (κ3) is 3.24. The fourth-order valence-corrected chi connectivity index (χ4v) is 3.93. The molecule has 1 aromatic heterocycles. The third-order valence-corrected chi connectivity index (χ3v) is 5.34. The summed E-state index contributed by atoms with van der Waals surface area (Å²) in [6, 6.07) is 3.15. The van der Waals surface area contributed by atoms with Crippen molar-refractivity contribution in [1.82, 2.24) is 9.55 Å². The second-order valence-electron chi connectivity index (χ2n) is 7.18. The zero-order chi connectivity index (χ0) is 19.0. The van der Waals surface area contributed by atoms with Crippen LogP contribution in [0, 0.1) is 5.82 Å². The Bertz CT molecular complexity index is 939. The average molecular weight is 370 g/mol. The van der Waals surface area contributed by atoms with Crippen LogP contribution in [-0.4, -0.2) is 28.7 Å². The lowest BCUT2D eigenvalue weighted by Gasteiger charge is -2.26. The zero-order valence-corrected chi connectivity index (χ0v) is 15.6. The first-order valence-electron chi connectivity index (χ1n) is 9.42. The number of fused-ring (bicyclic) bond motifs is 1. The highest BCUT2D eigenvalue weighted by Gasteiger charge is 2.25. The number of rotatable bonds is 3. The van der Waals surface area contributed by atoms with Gasteiger partial charge in [0.15, 0.2) is 0 Å². The monoisotopic (exact) mass is 370 g/mol. The lowest BCUT2D eigenvalue weighted by atomic mass is 9.94. The SMILES string of the molecule is COC(=O)c1cc2nc(C3=COC(C)C=C3)n(C3CCCCC3)c2cc1F. The van der Waals surface area contributed by atoms with Crippen molar-refractivity contribution < 1.29 is 18.7 Å². The number of nitrogens with zero attached hydrogens (tertiary/aromatic N) is 2. The predicted molar refractivity (Wildman–Crippen MR) is 101 cm³/mol. The van der Waals surface area contributed by atoms with Gasteiger partial charge in [0.2, 0.25) is 0 Å². The number of ether oxygens (including phenoxy) is 2. The summed E-state index contributed by atoms with van der Waals surface area (Å²) < 4.78 is 27.1. The Hall–Kier alpha value is -2.63. The molecule has 1 fully saturated rings. The summed E-state index contributed by atoms with van der Waals surface area (Å²) in [5.41, 5.74) is 2.05. The van der Waals surface area contributed by atoms with Gasteiger partial charge in [0.1, 0.15) is 17.7 Å². The van der Waals surface area contributed by atoms with Crippen molar-refractivity contribution in [3.05, 3.63) is 47.8 Å². The lowest BCUT2D eigenvalue weighted by Crippen LogP contribution is -2.16. The summed E-state index contributed by atoms with van der Waals surface area (Å²) in [4.78, 5) is 16.6. The molecule has 2 aromatic rings. The first-order valence-corrected chi connectivity index (χ1v) is 9.42. The van der Waals surface area contributed by atoms with Gasteiger partial charge in [-0.15, -0.1) is 0 Å². The number of carbonyl (C=O) groups excluding carboxylic acids is 1. The summed E-state index contributed by atoms with van der Waals surface area (Å²) in [7, 11) is 1.24. The van der Waals surface area contributed by atoms with E-state index in [0.717, 1.165) is 37.1 Å². The van der Waals surface area contributed by atoms with Gasteiger partial charge in [0.25, 0.3) is 0 Å². The van der Waals surface area contributed by atoms with E-state index in [4.69, 9.17) is 14.5 Å². The molecule has 1 aliphatic heterocycles. The lowest BCUT2D eigenvalue weighted by molar-refractivity contribution is 0.0595. The Labute approximate surface area is 157 Å². The van der Waals surface area contributed by atoms with E-state index in [1.165, 1.54) is 25.7 Å². The molecule has 1 aromatic carbocycles. The van der Waals surface area contributed by atoms with Crippen LogP contribution < -0.4 is 0 Å². The minimum Gasteiger partial charge on any atom is -0.493 e. The first-order chi connectivity index (χ1) is 13.1.